The van der Waals surface area contributed by atoms with Crippen LogP contribution in [0.15, 0.2) is 46.5 Å². The van der Waals surface area contributed by atoms with Gasteiger partial charge in [0.15, 0.2) is 0 Å². The molecule has 1 aromatic rings. The molecule has 2 rings (SSSR count). The molecule has 0 fully saturated rings. The zero-order chi connectivity index (χ0) is 17.0. The summed E-state index contributed by atoms with van der Waals surface area (Å²) in [5.41, 5.74) is 1.51. The maximum atomic E-state index is 12.2. The number of carbonyl (C=O) groups excluding carboxylic acids is 1. The van der Waals surface area contributed by atoms with Crippen LogP contribution in [0.25, 0.3) is 0 Å². The Bertz CT molecular complexity index is 737. The molecule has 0 bridgehead atoms. The number of amides is 1. The lowest BCUT2D eigenvalue weighted by molar-refractivity contribution is -0.117. The number of benzene rings is 1. The molecule has 1 amide bonds. The SMILES string of the molecule is CC1=NS(=O)(=O)N(CCc2ccccc2)C=C1C(=O)NC(C)C. The van der Waals surface area contributed by atoms with Crippen molar-refractivity contribution < 1.29 is 13.2 Å². The van der Waals surface area contributed by atoms with Crippen LogP contribution in [0.5, 0.6) is 0 Å². The van der Waals surface area contributed by atoms with Crippen molar-refractivity contribution in [3.8, 4) is 0 Å². The maximum absolute atomic E-state index is 12.2. The first kappa shape index (κ1) is 17.2. The highest BCUT2D eigenvalue weighted by atomic mass is 32.2. The Morgan fingerprint density at radius 1 is 1.26 bits per heavy atom. The highest BCUT2D eigenvalue weighted by Crippen LogP contribution is 2.17. The van der Waals surface area contributed by atoms with Crippen molar-refractivity contribution in [1.29, 1.82) is 0 Å². The molecule has 6 nitrogen and oxygen atoms in total. The van der Waals surface area contributed by atoms with Crippen molar-refractivity contribution >= 4 is 21.8 Å². The van der Waals surface area contributed by atoms with E-state index in [1.54, 1.807) is 0 Å². The van der Waals surface area contributed by atoms with Crippen molar-refractivity contribution in [2.45, 2.75) is 33.2 Å². The number of hydrogen-bond donors (Lipinski definition) is 1. The second kappa shape index (κ2) is 6.95. The first-order valence-corrected chi connectivity index (χ1v) is 8.84. The highest BCUT2D eigenvalue weighted by Gasteiger charge is 2.27. The Morgan fingerprint density at radius 3 is 2.52 bits per heavy atom. The van der Waals surface area contributed by atoms with Crippen LogP contribution < -0.4 is 5.32 Å². The lowest BCUT2D eigenvalue weighted by atomic mass is 10.1. The van der Waals surface area contributed by atoms with Crippen molar-refractivity contribution in [2.75, 3.05) is 6.54 Å². The van der Waals surface area contributed by atoms with Gasteiger partial charge in [-0.2, -0.15) is 8.42 Å². The summed E-state index contributed by atoms with van der Waals surface area (Å²) in [4.78, 5) is 12.2. The van der Waals surface area contributed by atoms with Crippen LogP contribution >= 0.6 is 0 Å². The second-order valence-corrected chi connectivity index (χ2v) is 7.22. The van der Waals surface area contributed by atoms with Crippen molar-refractivity contribution in [3.05, 3.63) is 47.7 Å². The maximum Gasteiger partial charge on any atom is 0.344 e. The number of nitrogens with zero attached hydrogens (tertiary/aromatic N) is 2. The van der Waals surface area contributed by atoms with Crippen molar-refractivity contribution in [2.24, 2.45) is 4.40 Å². The predicted molar refractivity (Wildman–Crippen MR) is 90.2 cm³/mol. The van der Waals surface area contributed by atoms with E-state index < -0.39 is 10.2 Å². The lowest BCUT2D eigenvalue weighted by Crippen LogP contribution is -2.38. The van der Waals surface area contributed by atoms with Gasteiger partial charge in [0, 0.05) is 18.8 Å². The van der Waals surface area contributed by atoms with E-state index in [1.807, 2.05) is 44.2 Å². The highest BCUT2D eigenvalue weighted by molar-refractivity contribution is 7.88. The number of carbonyl (C=O) groups is 1. The van der Waals surface area contributed by atoms with Crippen LogP contribution in [0.2, 0.25) is 0 Å². The van der Waals surface area contributed by atoms with E-state index in [9.17, 15) is 13.2 Å². The molecular weight excluding hydrogens is 314 g/mol. The third kappa shape index (κ3) is 4.41. The van der Waals surface area contributed by atoms with Crippen molar-refractivity contribution in [3.63, 3.8) is 0 Å². The van der Waals surface area contributed by atoms with E-state index in [1.165, 1.54) is 13.1 Å². The van der Waals surface area contributed by atoms with Crippen LogP contribution in [0.1, 0.15) is 26.3 Å². The van der Waals surface area contributed by atoms with E-state index in [0.717, 1.165) is 9.87 Å². The van der Waals surface area contributed by atoms with E-state index in [4.69, 9.17) is 0 Å². The van der Waals surface area contributed by atoms with Gasteiger partial charge in [0.25, 0.3) is 5.91 Å². The summed E-state index contributed by atoms with van der Waals surface area (Å²) in [5.74, 6) is -0.319. The van der Waals surface area contributed by atoms with Gasteiger partial charge in [0.05, 0.1) is 11.3 Å². The molecule has 0 saturated carbocycles. The summed E-state index contributed by atoms with van der Waals surface area (Å²) in [5, 5.41) is 2.76. The van der Waals surface area contributed by atoms with Crippen LogP contribution in [0.4, 0.5) is 0 Å². The molecule has 7 heteroatoms. The quantitative estimate of drug-likeness (QED) is 0.889. The molecule has 0 aromatic heterocycles. The molecular formula is C16H21N3O3S. The van der Waals surface area contributed by atoms with Gasteiger partial charge >= 0.3 is 10.2 Å². The molecule has 1 heterocycles. The molecule has 0 atom stereocenters. The first-order valence-electron chi connectivity index (χ1n) is 7.45. The van der Waals surface area contributed by atoms with Gasteiger partial charge in [-0.05, 0) is 32.8 Å². The summed E-state index contributed by atoms with van der Waals surface area (Å²) in [6.07, 6.45) is 1.92. The molecule has 0 spiro atoms. The molecule has 1 aliphatic rings. The number of rotatable bonds is 5. The fourth-order valence-electron chi connectivity index (χ4n) is 2.21. The van der Waals surface area contributed by atoms with Crippen LogP contribution in [-0.2, 0) is 21.4 Å². The van der Waals surface area contributed by atoms with Crippen LogP contribution in [-0.4, -0.2) is 36.9 Å². The Labute approximate surface area is 137 Å². The zero-order valence-electron chi connectivity index (χ0n) is 13.5. The summed E-state index contributed by atoms with van der Waals surface area (Å²) in [6.45, 7) is 5.45. The van der Waals surface area contributed by atoms with Crippen LogP contribution in [0, 0.1) is 0 Å². The summed E-state index contributed by atoms with van der Waals surface area (Å²) >= 11 is 0. The second-order valence-electron chi connectivity index (χ2n) is 5.67. The Hall–Kier alpha value is -2.15. The van der Waals surface area contributed by atoms with Crippen LogP contribution in [0.3, 0.4) is 0 Å². The monoisotopic (exact) mass is 335 g/mol. The van der Waals surface area contributed by atoms with Gasteiger partial charge in [-0.1, -0.05) is 30.3 Å². The van der Waals surface area contributed by atoms with E-state index in [-0.39, 0.29) is 29.8 Å². The number of nitrogens with one attached hydrogen (secondary N) is 1. The Morgan fingerprint density at radius 2 is 1.91 bits per heavy atom. The van der Waals surface area contributed by atoms with E-state index in [2.05, 4.69) is 9.71 Å². The molecule has 0 saturated heterocycles. The van der Waals surface area contributed by atoms with Gasteiger partial charge in [-0.15, -0.1) is 4.40 Å². The third-order valence-corrected chi connectivity index (χ3v) is 4.72. The summed E-state index contributed by atoms with van der Waals surface area (Å²) in [7, 11) is -3.77. The fraction of sp³-hybridized carbons (Fsp3) is 0.375. The zero-order valence-corrected chi connectivity index (χ0v) is 14.3. The van der Waals surface area contributed by atoms with Crippen molar-refractivity contribution in [1.82, 2.24) is 9.62 Å². The van der Waals surface area contributed by atoms with Gasteiger partial charge < -0.3 is 5.32 Å². The molecule has 0 aliphatic carbocycles. The minimum atomic E-state index is -3.77. The fourth-order valence-corrected chi connectivity index (χ4v) is 3.32. The predicted octanol–water partition coefficient (Wildman–Crippen LogP) is 1.66. The molecule has 1 N–H and O–H groups in total. The molecule has 23 heavy (non-hydrogen) atoms. The lowest BCUT2D eigenvalue weighted by Gasteiger charge is -2.24. The average molecular weight is 335 g/mol. The normalized spacial score (nSPS) is 16.8. The van der Waals surface area contributed by atoms with Gasteiger partial charge in [-0.3, -0.25) is 9.10 Å². The minimum absolute atomic E-state index is 0.0347. The summed E-state index contributed by atoms with van der Waals surface area (Å²) in [6, 6.07) is 9.54. The molecule has 1 aliphatic heterocycles. The topological polar surface area (TPSA) is 78.8 Å². The molecule has 124 valence electrons. The first-order chi connectivity index (χ1) is 10.8. The molecule has 1 aromatic carbocycles. The largest absolute Gasteiger partial charge is 0.350 e. The Balaban J connectivity index is 2.19. The molecule has 0 radical (unpaired) electrons. The molecule has 0 unspecified atom stereocenters. The third-order valence-electron chi connectivity index (χ3n) is 3.34. The van der Waals surface area contributed by atoms with E-state index >= 15 is 0 Å². The standard InChI is InChI=1S/C16H21N3O3S/c1-12(2)17-16(20)15-11-19(23(21,22)18-13(15)3)10-9-14-7-5-4-6-8-14/h4-8,11-12H,9-10H2,1-3H3,(H,17,20). The summed E-state index contributed by atoms with van der Waals surface area (Å²) < 4.78 is 29.2. The van der Waals surface area contributed by atoms with Gasteiger partial charge in [0.2, 0.25) is 0 Å². The minimum Gasteiger partial charge on any atom is -0.350 e. The number of hydrogen-bond acceptors (Lipinski definition) is 3. The van der Waals surface area contributed by atoms with Gasteiger partial charge in [-0.25, -0.2) is 0 Å². The average Bonchev–Trinajstić information content (AvgIpc) is 2.45. The Kier molecular flexibility index (Phi) is 5.20. The van der Waals surface area contributed by atoms with E-state index in [0.29, 0.717) is 6.42 Å². The van der Waals surface area contributed by atoms with Gasteiger partial charge in [0.1, 0.15) is 0 Å². The smallest absolute Gasteiger partial charge is 0.344 e.